The Morgan fingerprint density at radius 3 is 2.06 bits per heavy atom. The number of aromatic amines is 2. The van der Waals surface area contributed by atoms with E-state index in [1.165, 1.54) is 26.5 Å². The quantitative estimate of drug-likeness (QED) is 0.201. The molecule has 2 fully saturated rings. The number of hydrogen-bond donors (Lipinski definition) is 3. The van der Waals surface area contributed by atoms with Crippen LogP contribution in [0.25, 0.3) is 33.9 Å². The van der Waals surface area contributed by atoms with Gasteiger partial charge in [0.15, 0.2) is 5.82 Å². The van der Waals surface area contributed by atoms with E-state index in [9.17, 15) is 19.2 Å². The number of ether oxygens (including phenoxy) is 2. The normalized spacial score (nSPS) is 18.4. The van der Waals surface area contributed by atoms with Crippen LogP contribution < -0.4 is 5.32 Å². The number of likely N-dealkylation sites (tertiary alicyclic amines) is 2. The average molecular weight is 702 g/mol. The molecule has 6 rings (SSSR count). The van der Waals surface area contributed by atoms with Gasteiger partial charge in [-0.15, -0.1) is 0 Å². The smallest absolute Gasteiger partial charge is 0.407 e. The first-order valence-corrected chi connectivity index (χ1v) is 16.8. The summed E-state index contributed by atoms with van der Waals surface area (Å²) in [6.45, 7) is 4.41. The summed E-state index contributed by atoms with van der Waals surface area (Å²) in [5.41, 5.74) is 2.58. The number of alkyl carbamates (subject to hydrolysis) is 1. The molecule has 3 aromatic heterocycles. The third-order valence-corrected chi connectivity index (χ3v) is 9.39. The van der Waals surface area contributed by atoms with Crippen molar-refractivity contribution in [2.24, 2.45) is 5.92 Å². The van der Waals surface area contributed by atoms with Crippen molar-refractivity contribution >= 4 is 23.9 Å². The van der Waals surface area contributed by atoms with Gasteiger partial charge in [-0.3, -0.25) is 14.4 Å². The summed E-state index contributed by atoms with van der Waals surface area (Å²) in [7, 11) is 2.54. The fraction of sp³-hybridized carbons (Fsp3) is 0.429. The molecule has 0 saturated carbocycles. The van der Waals surface area contributed by atoms with Crippen LogP contribution in [-0.2, 0) is 23.9 Å². The zero-order valence-corrected chi connectivity index (χ0v) is 28.8. The average Bonchev–Trinajstić information content (AvgIpc) is 3.97. The molecule has 2 aliphatic rings. The Kier molecular flexibility index (Phi) is 10.4. The van der Waals surface area contributed by atoms with Gasteiger partial charge in [-0.25, -0.2) is 29.1 Å². The zero-order valence-electron chi connectivity index (χ0n) is 28.8. The van der Waals surface area contributed by atoms with Crippen molar-refractivity contribution < 1.29 is 33.0 Å². The van der Waals surface area contributed by atoms with E-state index in [1.807, 2.05) is 0 Å². The van der Waals surface area contributed by atoms with Crippen molar-refractivity contribution in [3.05, 3.63) is 60.5 Å². The first-order chi connectivity index (χ1) is 24.6. The SMILES string of the molecule is COC(=O)C[C@@H](C)C(=O)N1CCC[C@H]1c1ncc(-c2cnc(-c3ccc(-c4cnc([C@@H]5CCCN5C(=O)[C@H](C)NC(=O)OC)[nH]4)c(F)c3)nc2)[nH]1. The van der Waals surface area contributed by atoms with E-state index in [4.69, 9.17) is 4.74 Å². The molecule has 1 aromatic carbocycles. The molecule has 51 heavy (non-hydrogen) atoms. The molecule has 0 unspecified atom stereocenters. The first kappa shape index (κ1) is 35.2. The second-order valence-corrected chi connectivity index (χ2v) is 12.8. The van der Waals surface area contributed by atoms with Crippen LogP contribution in [0.15, 0.2) is 43.0 Å². The number of nitrogens with one attached hydrogen (secondary N) is 3. The van der Waals surface area contributed by atoms with E-state index in [2.05, 4.69) is 40.0 Å². The van der Waals surface area contributed by atoms with Gasteiger partial charge in [0.1, 0.15) is 23.5 Å². The molecule has 4 aromatic rings. The number of hydrogen-bond acceptors (Lipinski definition) is 10. The highest BCUT2D eigenvalue weighted by Crippen LogP contribution is 2.35. The molecule has 15 nitrogen and oxygen atoms in total. The molecule has 268 valence electrons. The van der Waals surface area contributed by atoms with Gasteiger partial charge in [0.25, 0.3) is 0 Å². The van der Waals surface area contributed by atoms with Crippen molar-refractivity contribution in [1.29, 1.82) is 0 Å². The fourth-order valence-corrected chi connectivity index (χ4v) is 6.66. The van der Waals surface area contributed by atoms with Crippen molar-refractivity contribution in [3.63, 3.8) is 0 Å². The Morgan fingerprint density at radius 1 is 0.843 bits per heavy atom. The molecular weight excluding hydrogens is 661 g/mol. The number of imidazole rings is 2. The molecule has 3 amide bonds. The van der Waals surface area contributed by atoms with Crippen LogP contribution in [0.5, 0.6) is 0 Å². The molecule has 16 heteroatoms. The number of nitrogens with zero attached hydrogens (tertiary/aromatic N) is 6. The zero-order chi connectivity index (χ0) is 36.2. The summed E-state index contributed by atoms with van der Waals surface area (Å²) in [6.07, 6.45) is 8.79. The van der Waals surface area contributed by atoms with E-state index < -0.39 is 29.8 Å². The lowest BCUT2D eigenvalue weighted by molar-refractivity contribution is -0.146. The molecule has 0 spiro atoms. The minimum Gasteiger partial charge on any atom is -0.469 e. The van der Waals surface area contributed by atoms with Crippen LogP contribution in [0.3, 0.4) is 0 Å². The summed E-state index contributed by atoms with van der Waals surface area (Å²) in [6, 6.07) is 3.35. The standard InChI is InChI=1S/C35H40FN9O6/c1-19(13-29(46)50-3)33(47)44-11-5-7-27(44)31-39-17-25(42-31)22-15-37-30(38-16-22)21-9-10-23(24(36)14-21)26-18-40-32(43-26)28-8-6-12-45(28)34(48)20(2)41-35(49)51-4/h9-10,14-20,27-28H,5-8,11-13H2,1-4H3,(H,39,42)(H,40,43)(H,41,49)/t19-,20+,27+,28+/m1/s1. The van der Waals surface area contributed by atoms with Crippen molar-refractivity contribution in [1.82, 2.24) is 45.0 Å². The Balaban J connectivity index is 1.12. The van der Waals surface area contributed by atoms with Crippen LogP contribution in [0.1, 0.15) is 69.7 Å². The molecule has 0 aliphatic carbocycles. The summed E-state index contributed by atoms with van der Waals surface area (Å²) >= 11 is 0. The number of carbonyl (C=O) groups is 4. The Labute approximate surface area is 293 Å². The summed E-state index contributed by atoms with van der Waals surface area (Å²) < 4.78 is 24.8. The molecule has 0 bridgehead atoms. The largest absolute Gasteiger partial charge is 0.469 e. The molecular formula is C35H40FN9O6. The summed E-state index contributed by atoms with van der Waals surface area (Å²) in [5.74, 6) is -0.298. The van der Waals surface area contributed by atoms with Crippen LogP contribution in [-0.4, -0.2) is 96.9 Å². The van der Waals surface area contributed by atoms with E-state index in [0.29, 0.717) is 65.1 Å². The Hall–Kier alpha value is -5.67. The van der Waals surface area contributed by atoms with Crippen LogP contribution in [0.2, 0.25) is 0 Å². The number of amides is 3. The lowest BCUT2D eigenvalue weighted by atomic mass is 10.1. The number of esters is 1. The van der Waals surface area contributed by atoms with E-state index >= 15 is 4.39 Å². The van der Waals surface area contributed by atoms with Crippen LogP contribution >= 0.6 is 0 Å². The Bertz CT molecular complexity index is 1910. The minimum atomic E-state index is -0.777. The lowest BCUT2D eigenvalue weighted by Gasteiger charge is -2.26. The monoisotopic (exact) mass is 701 g/mol. The highest BCUT2D eigenvalue weighted by molar-refractivity contribution is 5.86. The van der Waals surface area contributed by atoms with Crippen molar-refractivity contribution in [2.75, 3.05) is 27.3 Å². The van der Waals surface area contributed by atoms with E-state index in [1.54, 1.807) is 54.4 Å². The van der Waals surface area contributed by atoms with Crippen molar-refractivity contribution in [3.8, 4) is 33.9 Å². The number of halogens is 1. The topological polar surface area (TPSA) is 188 Å². The van der Waals surface area contributed by atoms with Gasteiger partial charge in [0.05, 0.1) is 56.5 Å². The lowest BCUT2D eigenvalue weighted by Crippen LogP contribution is -2.46. The minimum absolute atomic E-state index is 0.0182. The summed E-state index contributed by atoms with van der Waals surface area (Å²) in [5, 5.41) is 2.50. The van der Waals surface area contributed by atoms with Gasteiger partial charge >= 0.3 is 12.1 Å². The fourth-order valence-electron chi connectivity index (χ4n) is 6.66. The number of rotatable bonds is 10. The predicted molar refractivity (Wildman–Crippen MR) is 181 cm³/mol. The maximum Gasteiger partial charge on any atom is 0.407 e. The third kappa shape index (κ3) is 7.44. The van der Waals surface area contributed by atoms with E-state index in [-0.39, 0.29) is 30.3 Å². The van der Waals surface area contributed by atoms with Crippen LogP contribution in [0, 0.1) is 11.7 Å². The maximum atomic E-state index is 15.5. The second kappa shape index (κ2) is 15.1. The molecule has 4 atom stereocenters. The highest BCUT2D eigenvalue weighted by Gasteiger charge is 2.36. The van der Waals surface area contributed by atoms with Gasteiger partial charge in [-0.2, -0.15) is 0 Å². The third-order valence-electron chi connectivity index (χ3n) is 9.39. The Morgan fingerprint density at radius 2 is 1.45 bits per heavy atom. The molecule has 0 radical (unpaired) electrons. The van der Waals surface area contributed by atoms with Crippen molar-refractivity contribution in [2.45, 2.75) is 64.1 Å². The van der Waals surface area contributed by atoms with Crippen LogP contribution in [0.4, 0.5) is 9.18 Å². The molecule has 5 heterocycles. The second-order valence-electron chi connectivity index (χ2n) is 12.8. The van der Waals surface area contributed by atoms with Gasteiger partial charge in [0.2, 0.25) is 11.8 Å². The number of benzene rings is 1. The van der Waals surface area contributed by atoms with Gasteiger partial charge in [0, 0.05) is 48.1 Å². The summed E-state index contributed by atoms with van der Waals surface area (Å²) in [4.78, 5) is 77.3. The molecule has 2 aliphatic heterocycles. The predicted octanol–water partition coefficient (Wildman–Crippen LogP) is 4.33. The number of H-pyrrole nitrogens is 2. The van der Waals surface area contributed by atoms with Gasteiger partial charge in [-0.1, -0.05) is 13.0 Å². The first-order valence-electron chi connectivity index (χ1n) is 16.8. The highest BCUT2D eigenvalue weighted by atomic mass is 19.1. The van der Waals surface area contributed by atoms with E-state index in [0.717, 1.165) is 19.3 Å². The number of methoxy groups -OCH3 is 2. The number of aromatic nitrogens is 6. The van der Waals surface area contributed by atoms with Gasteiger partial charge in [-0.05, 0) is 44.7 Å². The molecule has 3 N–H and O–H groups in total. The molecule has 2 saturated heterocycles. The number of carbonyl (C=O) groups excluding carboxylic acids is 4. The van der Waals surface area contributed by atoms with Gasteiger partial charge < -0.3 is 34.6 Å². The maximum absolute atomic E-state index is 15.5.